The van der Waals surface area contributed by atoms with Gasteiger partial charge in [-0.3, -0.25) is 4.31 Å². The molecule has 29 heavy (non-hydrogen) atoms. The minimum absolute atomic E-state index is 0.296. The van der Waals surface area contributed by atoms with Gasteiger partial charge in [-0.1, -0.05) is 47.5 Å². The average molecular weight is 408 g/mol. The molecule has 0 bridgehead atoms. The first-order chi connectivity index (χ1) is 13.8. The lowest BCUT2D eigenvalue weighted by molar-refractivity contribution is 0.414. The predicted octanol–water partition coefficient (Wildman–Crippen LogP) is 4.98. The fourth-order valence-electron chi connectivity index (χ4n) is 4.08. The second kappa shape index (κ2) is 6.92. The second-order valence-electron chi connectivity index (χ2n) is 7.89. The van der Waals surface area contributed by atoms with Gasteiger partial charge < -0.3 is 4.74 Å². The number of methoxy groups -OCH3 is 1. The zero-order valence-electron chi connectivity index (χ0n) is 17.1. The van der Waals surface area contributed by atoms with Crippen molar-refractivity contribution in [2.24, 2.45) is 0 Å². The molecule has 1 heterocycles. The number of sulfonamides is 1. The standard InChI is InChI=1S/C24H25NO3S/c1-17-5-9-20(10-6-17)24(3)16-19-15-21(28-4)11-14-23(19)25(24)29(26,27)22-12-7-18(2)8-13-22/h5-15H,16H2,1-4H3. The number of benzene rings is 3. The number of hydrogen-bond acceptors (Lipinski definition) is 3. The summed E-state index contributed by atoms with van der Waals surface area (Å²) in [5.74, 6) is 0.726. The molecule has 1 aliphatic heterocycles. The van der Waals surface area contributed by atoms with Crippen LogP contribution in [-0.4, -0.2) is 15.5 Å². The van der Waals surface area contributed by atoms with Crippen molar-refractivity contribution in [3.05, 3.63) is 89.0 Å². The number of fused-ring (bicyclic) bond motifs is 1. The van der Waals surface area contributed by atoms with Gasteiger partial charge in [-0.05, 0) is 62.2 Å². The molecule has 150 valence electrons. The lowest BCUT2D eigenvalue weighted by atomic mass is 9.88. The van der Waals surface area contributed by atoms with Crippen molar-refractivity contribution in [2.45, 2.75) is 37.6 Å². The third-order valence-corrected chi connectivity index (χ3v) is 7.67. The highest BCUT2D eigenvalue weighted by molar-refractivity contribution is 7.93. The van der Waals surface area contributed by atoms with Gasteiger partial charge in [0.1, 0.15) is 5.75 Å². The van der Waals surface area contributed by atoms with Crippen molar-refractivity contribution in [2.75, 3.05) is 11.4 Å². The van der Waals surface area contributed by atoms with Gasteiger partial charge in [-0.25, -0.2) is 8.42 Å². The van der Waals surface area contributed by atoms with Gasteiger partial charge in [-0.2, -0.15) is 0 Å². The average Bonchev–Trinajstić information content (AvgIpc) is 3.01. The van der Waals surface area contributed by atoms with E-state index in [4.69, 9.17) is 4.74 Å². The Bertz CT molecular complexity index is 1150. The lowest BCUT2D eigenvalue weighted by Gasteiger charge is -2.37. The van der Waals surface area contributed by atoms with E-state index in [1.165, 1.54) is 0 Å². The molecule has 0 aliphatic carbocycles. The van der Waals surface area contributed by atoms with Crippen LogP contribution in [-0.2, 0) is 22.0 Å². The molecule has 0 saturated carbocycles. The van der Waals surface area contributed by atoms with Crippen molar-refractivity contribution in [1.82, 2.24) is 0 Å². The Morgan fingerprint density at radius 3 is 2.07 bits per heavy atom. The predicted molar refractivity (Wildman–Crippen MR) is 116 cm³/mol. The molecule has 5 heteroatoms. The molecule has 1 aliphatic rings. The second-order valence-corrected chi connectivity index (χ2v) is 9.68. The molecule has 3 aromatic rings. The van der Waals surface area contributed by atoms with Gasteiger partial charge in [0.05, 0.1) is 23.2 Å². The van der Waals surface area contributed by atoms with Gasteiger partial charge in [0.15, 0.2) is 0 Å². The Morgan fingerprint density at radius 2 is 1.48 bits per heavy atom. The summed E-state index contributed by atoms with van der Waals surface area (Å²) >= 11 is 0. The van der Waals surface area contributed by atoms with Gasteiger partial charge in [0, 0.05) is 6.42 Å². The normalized spacial score (nSPS) is 18.6. The minimum Gasteiger partial charge on any atom is -0.497 e. The summed E-state index contributed by atoms with van der Waals surface area (Å²) in [5.41, 5.74) is 4.07. The molecule has 4 nitrogen and oxygen atoms in total. The highest BCUT2D eigenvalue weighted by Crippen LogP contribution is 2.48. The quantitative estimate of drug-likeness (QED) is 0.613. The van der Waals surface area contributed by atoms with E-state index < -0.39 is 15.6 Å². The van der Waals surface area contributed by atoms with E-state index >= 15 is 0 Å². The number of rotatable bonds is 4. The summed E-state index contributed by atoms with van der Waals surface area (Å²) in [4.78, 5) is 0.296. The highest BCUT2D eigenvalue weighted by Gasteiger charge is 2.48. The van der Waals surface area contributed by atoms with Crippen LogP contribution in [0.4, 0.5) is 5.69 Å². The first-order valence-electron chi connectivity index (χ1n) is 9.62. The van der Waals surface area contributed by atoms with Crippen LogP contribution in [0.3, 0.4) is 0 Å². The molecule has 0 saturated heterocycles. The smallest absolute Gasteiger partial charge is 0.265 e. The topological polar surface area (TPSA) is 46.6 Å². The Labute approximate surface area is 172 Å². The number of hydrogen-bond donors (Lipinski definition) is 0. The molecule has 3 aromatic carbocycles. The van der Waals surface area contributed by atoms with Crippen LogP contribution in [0.5, 0.6) is 5.75 Å². The first kappa shape index (κ1) is 19.5. The molecule has 0 N–H and O–H groups in total. The Morgan fingerprint density at radius 1 is 0.897 bits per heavy atom. The molecule has 0 amide bonds. The fraction of sp³-hybridized carbons (Fsp3) is 0.250. The maximum atomic E-state index is 13.8. The third kappa shape index (κ3) is 3.19. The van der Waals surface area contributed by atoms with Crippen molar-refractivity contribution < 1.29 is 13.2 Å². The summed E-state index contributed by atoms with van der Waals surface area (Å²) in [7, 11) is -2.14. The minimum atomic E-state index is -3.76. The third-order valence-electron chi connectivity index (χ3n) is 5.72. The summed E-state index contributed by atoms with van der Waals surface area (Å²) in [5, 5.41) is 0. The number of anilines is 1. The Hall–Kier alpha value is -2.79. The molecule has 1 atom stereocenters. The van der Waals surface area contributed by atoms with Crippen molar-refractivity contribution in [3.63, 3.8) is 0 Å². The monoisotopic (exact) mass is 407 g/mol. The fourth-order valence-corrected chi connectivity index (χ4v) is 5.91. The number of aryl methyl sites for hydroxylation is 2. The summed E-state index contributed by atoms with van der Waals surface area (Å²) in [6.07, 6.45) is 0.577. The van der Waals surface area contributed by atoms with E-state index in [0.29, 0.717) is 17.0 Å². The van der Waals surface area contributed by atoms with E-state index in [1.807, 2.05) is 75.4 Å². The van der Waals surface area contributed by atoms with Crippen LogP contribution in [0.25, 0.3) is 0 Å². The van der Waals surface area contributed by atoms with E-state index in [0.717, 1.165) is 28.0 Å². The van der Waals surface area contributed by atoms with Crippen molar-refractivity contribution in [3.8, 4) is 5.75 Å². The van der Waals surface area contributed by atoms with Crippen LogP contribution >= 0.6 is 0 Å². The lowest BCUT2D eigenvalue weighted by Crippen LogP contribution is -2.45. The zero-order valence-corrected chi connectivity index (χ0v) is 18.0. The molecule has 0 radical (unpaired) electrons. The molecule has 0 fully saturated rings. The molecular weight excluding hydrogens is 382 g/mol. The van der Waals surface area contributed by atoms with Crippen LogP contribution in [0.1, 0.15) is 29.2 Å². The molecule has 4 rings (SSSR count). The van der Waals surface area contributed by atoms with E-state index in [2.05, 4.69) is 0 Å². The molecule has 1 unspecified atom stereocenters. The van der Waals surface area contributed by atoms with E-state index in [9.17, 15) is 8.42 Å². The van der Waals surface area contributed by atoms with Gasteiger partial charge in [-0.15, -0.1) is 0 Å². The molecule has 0 aromatic heterocycles. The van der Waals surface area contributed by atoms with Crippen LogP contribution in [0.15, 0.2) is 71.6 Å². The van der Waals surface area contributed by atoms with Crippen molar-refractivity contribution in [1.29, 1.82) is 0 Å². The van der Waals surface area contributed by atoms with E-state index in [1.54, 1.807) is 23.5 Å². The number of nitrogens with zero attached hydrogens (tertiary/aromatic N) is 1. The molecule has 0 spiro atoms. The van der Waals surface area contributed by atoms with Gasteiger partial charge in [0.2, 0.25) is 0 Å². The summed E-state index contributed by atoms with van der Waals surface area (Å²) < 4.78 is 34.6. The summed E-state index contributed by atoms with van der Waals surface area (Å²) in [6.45, 7) is 5.97. The highest BCUT2D eigenvalue weighted by atomic mass is 32.2. The van der Waals surface area contributed by atoms with Crippen LogP contribution in [0, 0.1) is 13.8 Å². The van der Waals surface area contributed by atoms with E-state index in [-0.39, 0.29) is 0 Å². The van der Waals surface area contributed by atoms with Crippen LogP contribution < -0.4 is 9.04 Å². The molecular formula is C24H25NO3S. The maximum absolute atomic E-state index is 13.8. The first-order valence-corrected chi connectivity index (χ1v) is 11.1. The largest absolute Gasteiger partial charge is 0.497 e. The Kier molecular flexibility index (Phi) is 4.66. The van der Waals surface area contributed by atoms with Crippen LogP contribution in [0.2, 0.25) is 0 Å². The van der Waals surface area contributed by atoms with Crippen molar-refractivity contribution >= 4 is 15.7 Å². The number of ether oxygens (including phenoxy) is 1. The zero-order chi connectivity index (χ0) is 20.8. The van der Waals surface area contributed by atoms with Gasteiger partial charge >= 0.3 is 0 Å². The SMILES string of the molecule is COc1ccc2c(c1)CC(C)(c1ccc(C)cc1)N2S(=O)(=O)c1ccc(C)cc1. The maximum Gasteiger partial charge on any atom is 0.265 e. The van der Waals surface area contributed by atoms with Gasteiger partial charge in [0.25, 0.3) is 10.0 Å². The Balaban J connectivity index is 1.93. The summed E-state index contributed by atoms with van der Waals surface area (Å²) in [6, 6.07) is 20.7.